The lowest BCUT2D eigenvalue weighted by Crippen LogP contribution is -2.04. The lowest BCUT2D eigenvalue weighted by Gasteiger charge is -2.00. The van der Waals surface area contributed by atoms with Crippen molar-refractivity contribution in [2.75, 3.05) is 5.73 Å². The van der Waals surface area contributed by atoms with Crippen molar-refractivity contribution in [3.8, 4) is 0 Å². The molecule has 0 fully saturated rings. The first kappa shape index (κ1) is 9.70. The Morgan fingerprint density at radius 2 is 2.13 bits per heavy atom. The largest absolute Gasteiger partial charge is 0.396 e. The topological polar surface area (TPSA) is 74.5 Å². The number of anilines is 1. The average molecular weight is 206 g/mol. The fourth-order valence-electron chi connectivity index (χ4n) is 1.49. The highest BCUT2D eigenvalue weighted by Crippen LogP contribution is 2.15. The predicted octanol–water partition coefficient (Wildman–Crippen LogP) is 0.259. The predicted molar refractivity (Wildman–Crippen MR) is 56.2 cm³/mol. The molecule has 0 atom stereocenters. The second-order valence-corrected chi connectivity index (χ2v) is 3.63. The van der Waals surface area contributed by atoms with Crippen molar-refractivity contribution in [1.82, 2.24) is 24.8 Å². The van der Waals surface area contributed by atoms with Gasteiger partial charge in [-0.05, 0) is 13.8 Å². The summed E-state index contributed by atoms with van der Waals surface area (Å²) < 4.78 is 3.51. The molecule has 6 nitrogen and oxygen atoms in total. The third-order valence-corrected chi connectivity index (χ3v) is 2.40. The highest BCUT2D eigenvalue weighted by Gasteiger charge is 2.09. The van der Waals surface area contributed by atoms with Crippen LogP contribution in [0, 0.1) is 13.8 Å². The van der Waals surface area contributed by atoms with E-state index in [4.69, 9.17) is 5.73 Å². The van der Waals surface area contributed by atoms with Crippen LogP contribution in [0.3, 0.4) is 0 Å². The van der Waals surface area contributed by atoms with Gasteiger partial charge in [0.2, 0.25) is 0 Å². The van der Waals surface area contributed by atoms with Crippen LogP contribution in [0.4, 0.5) is 5.69 Å². The zero-order chi connectivity index (χ0) is 11.0. The first-order chi connectivity index (χ1) is 7.08. The van der Waals surface area contributed by atoms with Crippen LogP contribution in [0.5, 0.6) is 0 Å². The smallest absolute Gasteiger partial charge is 0.104 e. The van der Waals surface area contributed by atoms with Crippen molar-refractivity contribution in [1.29, 1.82) is 0 Å². The molecule has 0 aliphatic carbocycles. The molecule has 0 saturated carbocycles. The Labute approximate surface area is 87.7 Å². The number of nitrogens with two attached hydrogens (primary N) is 1. The third kappa shape index (κ3) is 1.70. The molecule has 6 heteroatoms. The fraction of sp³-hybridized carbons (Fsp3) is 0.444. The average Bonchev–Trinajstić information content (AvgIpc) is 2.68. The van der Waals surface area contributed by atoms with E-state index in [1.165, 1.54) is 0 Å². The van der Waals surface area contributed by atoms with E-state index < -0.39 is 0 Å². The summed E-state index contributed by atoms with van der Waals surface area (Å²) in [7, 11) is 1.84. The van der Waals surface area contributed by atoms with Crippen LogP contribution in [0.2, 0.25) is 0 Å². The molecule has 0 aromatic carbocycles. The van der Waals surface area contributed by atoms with Gasteiger partial charge in [-0.1, -0.05) is 5.21 Å². The number of rotatable bonds is 2. The molecule has 0 radical (unpaired) electrons. The van der Waals surface area contributed by atoms with E-state index >= 15 is 0 Å². The van der Waals surface area contributed by atoms with Crippen molar-refractivity contribution in [3.05, 3.63) is 23.3 Å². The first-order valence-electron chi connectivity index (χ1n) is 4.72. The van der Waals surface area contributed by atoms with E-state index in [1.807, 2.05) is 31.8 Å². The van der Waals surface area contributed by atoms with Gasteiger partial charge in [0.05, 0.1) is 23.6 Å². The number of aryl methyl sites for hydroxylation is 2. The monoisotopic (exact) mass is 206 g/mol. The van der Waals surface area contributed by atoms with Crippen LogP contribution in [0.1, 0.15) is 17.1 Å². The molecule has 0 saturated heterocycles. The van der Waals surface area contributed by atoms with E-state index in [0.717, 1.165) is 22.8 Å². The molecule has 2 N–H and O–H groups in total. The number of nitrogen functional groups attached to an aromatic ring is 1. The Bertz CT molecular complexity index is 481. The summed E-state index contributed by atoms with van der Waals surface area (Å²) in [4.78, 5) is 0. The van der Waals surface area contributed by atoms with Crippen molar-refractivity contribution >= 4 is 5.69 Å². The van der Waals surface area contributed by atoms with Gasteiger partial charge in [-0.25, -0.2) is 0 Å². The summed E-state index contributed by atoms with van der Waals surface area (Å²) >= 11 is 0. The Morgan fingerprint density at radius 3 is 2.60 bits per heavy atom. The minimum absolute atomic E-state index is 0.609. The van der Waals surface area contributed by atoms with Gasteiger partial charge in [-0.15, -0.1) is 5.10 Å². The molecule has 0 spiro atoms. The number of hydrogen-bond acceptors (Lipinski definition) is 4. The van der Waals surface area contributed by atoms with E-state index in [9.17, 15) is 0 Å². The summed E-state index contributed by atoms with van der Waals surface area (Å²) in [6.07, 6.45) is 1.87. The van der Waals surface area contributed by atoms with Crippen molar-refractivity contribution in [3.63, 3.8) is 0 Å². The van der Waals surface area contributed by atoms with Gasteiger partial charge in [-0.3, -0.25) is 9.36 Å². The Morgan fingerprint density at radius 1 is 1.40 bits per heavy atom. The third-order valence-electron chi connectivity index (χ3n) is 2.40. The summed E-state index contributed by atoms with van der Waals surface area (Å²) in [5.74, 6) is 0. The second-order valence-electron chi connectivity index (χ2n) is 3.63. The highest BCUT2D eigenvalue weighted by atomic mass is 15.4. The van der Waals surface area contributed by atoms with Gasteiger partial charge in [0.1, 0.15) is 5.69 Å². The molecule has 0 unspecified atom stereocenters. The fourth-order valence-corrected chi connectivity index (χ4v) is 1.49. The molecule has 2 heterocycles. The summed E-state index contributed by atoms with van der Waals surface area (Å²) in [5, 5.41) is 12.2. The number of hydrogen-bond donors (Lipinski definition) is 1. The first-order valence-corrected chi connectivity index (χ1v) is 4.72. The molecule has 0 amide bonds. The zero-order valence-corrected chi connectivity index (χ0v) is 9.10. The number of nitrogens with zero attached hydrogens (tertiary/aromatic N) is 5. The lowest BCUT2D eigenvalue weighted by atomic mass is 10.3. The Hall–Kier alpha value is -1.85. The second kappa shape index (κ2) is 3.38. The van der Waals surface area contributed by atoms with Crippen molar-refractivity contribution < 1.29 is 0 Å². The summed E-state index contributed by atoms with van der Waals surface area (Å²) in [6, 6.07) is 0. The van der Waals surface area contributed by atoms with Crippen LogP contribution in [0.15, 0.2) is 6.20 Å². The maximum atomic E-state index is 5.84. The zero-order valence-electron chi connectivity index (χ0n) is 9.10. The van der Waals surface area contributed by atoms with E-state index in [-0.39, 0.29) is 0 Å². The molecular formula is C9H14N6. The minimum atomic E-state index is 0.609. The van der Waals surface area contributed by atoms with E-state index in [1.54, 1.807) is 4.68 Å². The summed E-state index contributed by atoms with van der Waals surface area (Å²) in [5.41, 5.74) is 9.29. The van der Waals surface area contributed by atoms with Gasteiger partial charge in [0.15, 0.2) is 0 Å². The van der Waals surface area contributed by atoms with Gasteiger partial charge in [-0.2, -0.15) is 5.10 Å². The maximum absolute atomic E-state index is 5.84. The highest BCUT2D eigenvalue weighted by molar-refractivity contribution is 5.46. The van der Waals surface area contributed by atoms with Crippen LogP contribution in [0.25, 0.3) is 0 Å². The quantitative estimate of drug-likeness (QED) is 0.764. The van der Waals surface area contributed by atoms with E-state index in [0.29, 0.717) is 6.54 Å². The molecule has 0 aliphatic heterocycles. The standard InChI is InChI=1S/C9H14N6/c1-6-9(10)7(2)15(12-6)5-8-4-14(3)13-11-8/h4H,5,10H2,1-3H3. The molecule has 2 aromatic rings. The van der Waals surface area contributed by atoms with Gasteiger partial charge < -0.3 is 5.73 Å². The van der Waals surface area contributed by atoms with Crippen LogP contribution < -0.4 is 5.73 Å². The van der Waals surface area contributed by atoms with Gasteiger partial charge in [0.25, 0.3) is 0 Å². The molecule has 0 bridgehead atoms. The van der Waals surface area contributed by atoms with Gasteiger partial charge in [0, 0.05) is 13.2 Å². The molecule has 15 heavy (non-hydrogen) atoms. The SMILES string of the molecule is Cc1nn(Cc2cn(C)nn2)c(C)c1N. The lowest BCUT2D eigenvalue weighted by molar-refractivity contribution is 0.644. The molecule has 2 rings (SSSR count). The van der Waals surface area contributed by atoms with E-state index in [2.05, 4.69) is 15.4 Å². The normalized spacial score (nSPS) is 10.9. The number of aromatic nitrogens is 5. The van der Waals surface area contributed by atoms with Gasteiger partial charge >= 0.3 is 0 Å². The molecule has 80 valence electrons. The Balaban J connectivity index is 2.28. The summed E-state index contributed by atoms with van der Waals surface area (Å²) in [6.45, 7) is 4.46. The maximum Gasteiger partial charge on any atom is 0.104 e. The Kier molecular flexibility index (Phi) is 2.18. The molecule has 2 aromatic heterocycles. The van der Waals surface area contributed by atoms with Crippen LogP contribution >= 0.6 is 0 Å². The van der Waals surface area contributed by atoms with Crippen molar-refractivity contribution in [2.45, 2.75) is 20.4 Å². The molecule has 0 aliphatic rings. The van der Waals surface area contributed by atoms with Crippen LogP contribution in [-0.2, 0) is 13.6 Å². The van der Waals surface area contributed by atoms with Crippen LogP contribution in [-0.4, -0.2) is 24.8 Å². The van der Waals surface area contributed by atoms with Crippen molar-refractivity contribution in [2.24, 2.45) is 7.05 Å². The molecular weight excluding hydrogens is 192 g/mol. The minimum Gasteiger partial charge on any atom is -0.396 e.